The number of nitrogens with one attached hydrogen (secondary N) is 1. The molecule has 0 bridgehead atoms. The minimum atomic E-state index is -4.49. The number of benzene rings is 1. The van der Waals surface area contributed by atoms with E-state index in [2.05, 4.69) is 15.1 Å². The monoisotopic (exact) mass is 346 g/mol. The molecule has 0 aliphatic heterocycles. The van der Waals surface area contributed by atoms with Crippen LogP contribution in [-0.4, -0.2) is 25.3 Å². The third kappa shape index (κ3) is 2.95. The van der Waals surface area contributed by atoms with Crippen molar-refractivity contribution in [1.29, 1.82) is 0 Å². The van der Waals surface area contributed by atoms with Crippen LogP contribution in [0, 0.1) is 0 Å². The van der Waals surface area contributed by atoms with Crippen LogP contribution >= 0.6 is 23.4 Å². The Morgan fingerprint density at radius 3 is 2.73 bits per heavy atom. The average molecular weight is 347 g/mol. The Morgan fingerprint density at radius 1 is 1.32 bits per heavy atom. The van der Waals surface area contributed by atoms with Gasteiger partial charge in [-0.05, 0) is 30.0 Å². The number of aromatic amines is 1. The van der Waals surface area contributed by atoms with Crippen LogP contribution in [-0.2, 0) is 0 Å². The van der Waals surface area contributed by atoms with Gasteiger partial charge in [-0.1, -0.05) is 11.6 Å². The molecule has 0 amide bonds. The fourth-order valence-electron chi connectivity index (χ4n) is 1.83. The number of alkyl halides is 3. The minimum absolute atomic E-state index is 0.0204. The van der Waals surface area contributed by atoms with Crippen molar-refractivity contribution in [1.82, 2.24) is 19.7 Å². The molecule has 0 aliphatic rings. The molecule has 0 aliphatic carbocycles. The van der Waals surface area contributed by atoms with Gasteiger partial charge >= 0.3 is 5.51 Å². The molecule has 0 saturated heterocycles. The van der Waals surface area contributed by atoms with Crippen LogP contribution in [0.2, 0.25) is 5.02 Å². The standard InChI is InChI=1S/C12H6ClF3N4OS/c13-7-5-8-6(4-9(7)22-12(14,15)16)10(21)19-11(18-8)20-3-1-2-17-20/h1-5H,(H,18,19,21). The average Bonchev–Trinajstić information content (AvgIpc) is 2.92. The highest BCUT2D eigenvalue weighted by molar-refractivity contribution is 8.00. The van der Waals surface area contributed by atoms with Gasteiger partial charge in [0.2, 0.25) is 5.95 Å². The zero-order valence-electron chi connectivity index (χ0n) is 10.6. The van der Waals surface area contributed by atoms with Crippen molar-refractivity contribution >= 4 is 34.3 Å². The van der Waals surface area contributed by atoms with Crippen LogP contribution in [0.25, 0.3) is 16.9 Å². The molecule has 0 spiro atoms. The van der Waals surface area contributed by atoms with Gasteiger partial charge in [0.1, 0.15) is 0 Å². The number of nitrogens with zero attached hydrogens (tertiary/aromatic N) is 3. The van der Waals surface area contributed by atoms with Crippen molar-refractivity contribution in [2.45, 2.75) is 10.4 Å². The molecule has 0 fully saturated rings. The molecular weight excluding hydrogens is 341 g/mol. The topological polar surface area (TPSA) is 63.6 Å². The smallest absolute Gasteiger partial charge is 0.290 e. The van der Waals surface area contributed by atoms with E-state index >= 15 is 0 Å². The van der Waals surface area contributed by atoms with Crippen molar-refractivity contribution < 1.29 is 13.2 Å². The fraction of sp³-hybridized carbons (Fsp3) is 0.0833. The predicted molar refractivity (Wildman–Crippen MR) is 76.4 cm³/mol. The number of hydrogen-bond donors (Lipinski definition) is 1. The molecule has 0 radical (unpaired) electrons. The lowest BCUT2D eigenvalue weighted by molar-refractivity contribution is -0.0328. The lowest BCUT2D eigenvalue weighted by Crippen LogP contribution is -2.14. The fourth-order valence-corrected chi connectivity index (χ4v) is 2.69. The van der Waals surface area contributed by atoms with E-state index in [1.54, 1.807) is 12.3 Å². The third-order valence-electron chi connectivity index (χ3n) is 2.69. The third-order valence-corrected chi connectivity index (χ3v) is 3.91. The van der Waals surface area contributed by atoms with Crippen LogP contribution in [0.3, 0.4) is 0 Å². The second-order valence-electron chi connectivity index (χ2n) is 4.19. The Bertz CT molecular complexity index is 892. The highest BCUT2D eigenvalue weighted by atomic mass is 35.5. The predicted octanol–water partition coefficient (Wildman–Crippen LogP) is 3.37. The number of halogens is 4. The van der Waals surface area contributed by atoms with Crippen LogP contribution < -0.4 is 5.56 Å². The molecule has 2 heterocycles. The summed E-state index contributed by atoms with van der Waals surface area (Å²) < 4.78 is 38.7. The van der Waals surface area contributed by atoms with Gasteiger partial charge in [0.15, 0.2) is 0 Å². The van der Waals surface area contributed by atoms with Crippen molar-refractivity contribution in [3.63, 3.8) is 0 Å². The van der Waals surface area contributed by atoms with E-state index in [-0.39, 0.29) is 38.5 Å². The lowest BCUT2D eigenvalue weighted by Gasteiger charge is -2.09. The summed E-state index contributed by atoms with van der Waals surface area (Å²) in [5, 5.41) is 3.82. The molecule has 1 N–H and O–H groups in total. The second kappa shape index (κ2) is 5.33. The van der Waals surface area contributed by atoms with Gasteiger partial charge in [-0.25, -0.2) is 9.67 Å². The normalized spacial score (nSPS) is 12.0. The highest BCUT2D eigenvalue weighted by Crippen LogP contribution is 2.41. The van der Waals surface area contributed by atoms with Crippen LogP contribution in [0.4, 0.5) is 13.2 Å². The van der Waals surface area contributed by atoms with Gasteiger partial charge in [0.25, 0.3) is 5.56 Å². The van der Waals surface area contributed by atoms with E-state index in [1.165, 1.54) is 16.9 Å². The van der Waals surface area contributed by atoms with Gasteiger partial charge in [-0.15, -0.1) is 0 Å². The summed E-state index contributed by atoms with van der Waals surface area (Å²) in [6.07, 6.45) is 3.07. The van der Waals surface area contributed by atoms with Crippen LogP contribution in [0.1, 0.15) is 0 Å². The minimum Gasteiger partial charge on any atom is -0.290 e. The van der Waals surface area contributed by atoms with E-state index < -0.39 is 11.1 Å². The van der Waals surface area contributed by atoms with Gasteiger partial charge in [0.05, 0.1) is 15.9 Å². The number of thioether (sulfide) groups is 1. The first-order chi connectivity index (χ1) is 10.3. The molecule has 0 saturated carbocycles. The number of hydrogen-bond acceptors (Lipinski definition) is 4. The van der Waals surface area contributed by atoms with Gasteiger partial charge in [-0.3, -0.25) is 9.78 Å². The van der Waals surface area contributed by atoms with E-state index in [1.807, 2.05) is 0 Å². The van der Waals surface area contributed by atoms with Crippen molar-refractivity contribution in [2.24, 2.45) is 0 Å². The SMILES string of the molecule is O=c1[nH]c(-n2cccn2)nc2cc(Cl)c(SC(F)(F)F)cc12. The summed E-state index contributed by atoms with van der Waals surface area (Å²) in [6.45, 7) is 0. The zero-order chi connectivity index (χ0) is 15.9. The Morgan fingerprint density at radius 2 is 2.09 bits per heavy atom. The number of rotatable bonds is 2. The second-order valence-corrected chi connectivity index (χ2v) is 5.70. The quantitative estimate of drug-likeness (QED) is 0.723. The summed E-state index contributed by atoms with van der Waals surface area (Å²) in [5.74, 6) is 0.148. The molecule has 0 atom stereocenters. The molecule has 0 unspecified atom stereocenters. The number of H-pyrrole nitrogens is 1. The maximum atomic E-state index is 12.5. The maximum Gasteiger partial charge on any atom is 0.446 e. The Kier molecular flexibility index (Phi) is 3.61. The summed E-state index contributed by atoms with van der Waals surface area (Å²) in [6, 6.07) is 3.95. The molecule has 10 heteroatoms. The highest BCUT2D eigenvalue weighted by Gasteiger charge is 2.30. The Labute approximate surface area is 130 Å². The lowest BCUT2D eigenvalue weighted by atomic mass is 10.2. The van der Waals surface area contributed by atoms with Crippen molar-refractivity contribution in [3.8, 4) is 5.95 Å². The first kappa shape index (κ1) is 14.9. The summed E-state index contributed by atoms with van der Waals surface area (Å²) >= 11 is 5.47. The molecule has 3 aromatic rings. The van der Waals surface area contributed by atoms with Crippen molar-refractivity contribution in [2.75, 3.05) is 0 Å². The molecule has 22 heavy (non-hydrogen) atoms. The van der Waals surface area contributed by atoms with Crippen LogP contribution in [0.15, 0.2) is 40.3 Å². The first-order valence-electron chi connectivity index (χ1n) is 5.83. The van der Waals surface area contributed by atoms with E-state index in [0.29, 0.717) is 0 Å². The summed E-state index contributed by atoms with van der Waals surface area (Å²) in [5.41, 5.74) is -4.88. The Balaban J connectivity index is 2.17. The van der Waals surface area contributed by atoms with E-state index in [0.717, 1.165) is 6.07 Å². The number of aromatic nitrogens is 4. The summed E-state index contributed by atoms with van der Waals surface area (Å²) in [7, 11) is 0. The first-order valence-corrected chi connectivity index (χ1v) is 7.02. The zero-order valence-corrected chi connectivity index (χ0v) is 12.1. The van der Waals surface area contributed by atoms with Gasteiger partial charge in [0, 0.05) is 17.3 Å². The van der Waals surface area contributed by atoms with Crippen molar-refractivity contribution in [3.05, 3.63) is 46.0 Å². The largest absolute Gasteiger partial charge is 0.446 e. The maximum absolute atomic E-state index is 12.5. The van der Waals surface area contributed by atoms with Gasteiger partial charge < -0.3 is 0 Å². The summed E-state index contributed by atoms with van der Waals surface area (Å²) in [4.78, 5) is 18.4. The van der Waals surface area contributed by atoms with Crippen LogP contribution in [0.5, 0.6) is 0 Å². The molecule has 2 aromatic heterocycles. The van der Waals surface area contributed by atoms with Gasteiger partial charge in [-0.2, -0.15) is 18.3 Å². The number of fused-ring (bicyclic) bond motifs is 1. The molecular formula is C12H6ClF3N4OS. The van der Waals surface area contributed by atoms with E-state index in [4.69, 9.17) is 11.6 Å². The molecule has 114 valence electrons. The molecule has 5 nitrogen and oxygen atoms in total. The van der Waals surface area contributed by atoms with E-state index in [9.17, 15) is 18.0 Å². The molecule has 1 aromatic carbocycles. The Hall–Kier alpha value is -2.00. The molecule has 3 rings (SSSR count).